The molecule has 0 spiro atoms. The predicted molar refractivity (Wildman–Crippen MR) is 104 cm³/mol. The van der Waals surface area contributed by atoms with Crippen molar-refractivity contribution >= 4 is 67.7 Å². The SMILES string of the molecule is O=C(O)Oc1sc(-c2ccccc2)cc1NS(=O)(=O)c1cc(Cl)sc1Cl. The summed E-state index contributed by atoms with van der Waals surface area (Å²) in [7, 11) is -4.07. The molecule has 3 aromatic rings. The third-order valence-corrected chi connectivity index (χ3v) is 7.28. The number of nitrogens with one attached hydrogen (secondary N) is 1. The van der Waals surface area contributed by atoms with Crippen LogP contribution >= 0.6 is 45.9 Å². The number of halogens is 2. The van der Waals surface area contributed by atoms with Crippen molar-refractivity contribution in [2.24, 2.45) is 0 Å². The minimum atomic E-state index is -4.07. The molecule has 2 N–H and O–H groups in total. The van der Waals surface area contributed by atoms with E-state index in [0.29, 0.717) is 4.88 Å². The van der Waals surface area contributed by atoms with Gasteiger partial charge in [0.05, 0.1) is 4.34 Å². The van der Waals surface area contributed by atoms with Gasteiger partial charge in [0, 0.05) is 4.88 Å². The van der Waals surface area contributed by atoms with Crippen LogP contribution in [-0.4, -0.2) is 19.7 Å². The maximum atomic E-state index is 12.6. The number of carboxylic acid groups (broad SMARTS) is 1. The minimum Gasteiger partial charge on any atom is -0.449 e. The van der Waals surface area contributed by atoms with E-state index in [9.17, 15) is 13.2 Å². The highest BCUT2D eigenvalue weighted by molar-refractivity contribution is 7.93. The Morgan fingerprint density at radius 3 is 2.38 bits per heavy atom. The molecule has 0 fully saturated rings. The van der Waals surface area contributed by atoms with Crippen LogP contribution in [0, 0.1) is 0 Å². The molecule has 3 rings (SSSR count). The summed E-state index contributed by atoms with van der Waals surface area (Å²) < 4.78 is 32.4. The Balaban J connectivity index is 2.02. The molecule has 0 radical (unpaired) electrons. The van der Waals surface area contributed by atoms with Crippen molar-refractivity contribution in [2.45, 2.75) is 4.90 Å². The topological polar surface area (TPSA) is 92.7 Å². The third-order valence-electron chi connectivity index (χ3n) is 3.10. The molecular weight excluding hydrogens is 441 g/mol. The monoisotopic (exact) mass is 449 g/mol. The van der Waals surface area contributed by atoms with Crippen LogP contribution in [0.1, 0.15) is 0 Å². The van der Waals surface area contributed by atoms with Crippen molar-refractivity contribution in [1.29, 1.82) is 0 Å². The quantitative estimate of drug-likeness (QED) is 0.491. The molecule has 11 heteroatoms. The molecule has 2 aromatic heterocycles. The van der Waals surface area contributed by atoms with Gasteiger partial charge in [0.1, 0.15) is 14.9 Å². The summed E-state index contributed by atoms with van der Waals surface area (Å²) in [6.45, 7) is 0. The molecule has 0 saturated heterocycles. The van der Waals surface area contributed by atoms with Crippen LogP contribution in [0.2, 0.25) is 8.67 Å². The number of carbonyl (C=O) groups is 1. The lowest BCUT2D eigenvalue weighted by molar-refractivity contribution is 0.146. The fourth-order valence-electron chi connectivity index (χ4n) is 2.05. The second-order valence-electron chi connectivity index (χ2n) is 4.84. The fraction of sp³-hybridized carbons (Fsp3) is 0. The van der Waals surface area contributed by atoms with Crippen LogP contribution in [0.15, 0.2) is 47.4 Å². The molecule has 0 atom stereocenters. The highest BCUT2D eigenvalue weighted by Gasteiger charge is 2.25. The summed E-state index contributed by atoms with van der Waals surface area (Å²) in [4.78, 5) is 11.4. The van der Waals surface area contributed by atoms with Crippen LogP contribution in [0.25, 0.3) is 10.4 Å². The first kappa shape index (κ1) is 19.0. The number of sulfonamides is 1. The number of thiophene rings is 2. The van der Waals surface area contributed by atoms with Crippen LogP contribution in [-0.2, 0) is 10.0 Å². The average Bonchev–Trinajstić information content (AvgIpc) is 3.11. The number of ether oxygens (including phenoxy) is 1. The van der Waals surface area contributed by atoms with Crippen molar-refractivity contribution in [3.63, 3.8) is 0 Å². The van der Waals surface area contributed by atoms with Gasteiger partial charge in [-0.1, -0.05) is 64.9 Å². The van der Waals surface area contributed by atoms with Crippen LogP contribution in [0.4, 0.5) is 10.5 Å². The van der Waals surface area contributed by atoms with E-state index in [-0.39, 0.29) is 24.3 Å². The molecule has 0 saturated carbocycles. The van der Waals surface area contributed by atoms with Gasteiger partial charge in [-0.05, 0) is 17.7 Å². The summed E-state index contributed by atoms with van der Waals surface area (Å²) in [6.07, 6.45) is -1.55. The zero-order valence-electron chi connectivity index (χ0n) is 12.6. The second kappa shape index (κ2) is 7.45. The van der Waals surface area contributed by atoms with Crippen molar-refractivity contribution in [3.8, 4) is 15.5 Å². The number of hydrogen-bond acceptors (Lipinski definition) is 6. The largest absolute Gasteiger partial charge is 0.512 e. The van der Waals surface area contributed by atoms with Gasteiger partial charge in [0.15, 0.2) is 0 Å². The molecular formula is C15H9Cl2NO5S3. The van der Waals surface area contributed by atoms with E-state index in [1.54, 1.807) is 0 Å². The van der Waals surface area contributed by atoms with Gasteiger partial charge >= 0.3 is 6.16 Å². The van der Waals surface area contributed by atoms with Gasteiger partial charge in [0.2, 0.25) is 5.06 Å². The van der Waals surface area contributed by atoms with E-state index in [4.69, 9.17) is 33.0 Å². The van der Waals surface area contributed by atoms with Gasteiger partial charge in [0.25, 0.3) is 10.0 Å². The van der Waals surface area contributed by atoms with E-state index >= 15 is 0 Å². The normalized spacial score (nSPS) is 11.3. The lowest BCUT2D eigenvalue weighted by atomic mass is 10.2. The first-order valence-electron chi connectivity index (χ1n) is 6.84. The molecule has 136 valence electrons. The molecule has 6 nitrogen and oxygen atoms in total. The summed E-state index contributed by atoms with van der Waals surface area (Å²) in [5, 5.41) is 8.80. The summed E-state index contributed by atoms with van der Waals surface area (Å²) in [5.41, 5.74) is 0.782. The molecule has 0 bridgehead atoms. The van der Waals surface area contributed by atoms with E-state index in [1.165, 1.54) is 12.1 Å². The summed E-state index contributed by atoms with van der Waals surface area (Å²) in [6, 6.07) is 11.8. The Labute approximate surface area is 166 Å². The Kier molecular flexibility index (Phi) is 5.44. The van der Waals surface area contributed by atoms with Crippen molar-refractivity contribution in [2.75, 3.05) is 4.72 Å². The molecule has 0 aliphatic heterocycles. The lowest BCUT2D eigenvalue weighted by Crippen LogP contribution is -2.13. The van der Waals surface area contributed by atoms with E-state index in [1.807, 2.05) is 30.3 Å². The molecule has 0 unspecified atom stereocenters. The Morgan fingerprint density at radius 2 is 1.81 bits per heavy atom. The zero-order chi connectivity index (χ0) is 18.9. The maximum absolute atomic E-state index is 12.6. The second-order valence-corrected chi connectivity index (χ2v) is 9.79. The number of benzene rings is 1. The third kappa shape index (κ3) is 4.13. The first-order valence-corrected chi connectivity index (χ1v) is 10.7. The van der Waals surface area contributed by atoms with Crippen molar-refractivity contribution in [3.05, 3.63) is 51.1 Å². The average molecular weight is 450 g/mol. The maximum Gasteiger partial charge on any atom is 0.512 e. The molecule has 2 heterocycles. The van der Waals surface area contributed by atoms with E-state index in [0.717, 1.165) is 28.2 Å². The first-order chi connectivity index (χ1) is 12.3. The van der Waals surface area contributed by atoms with Crippen molar-refractivity contribution < 1.29 is 23.1 Å². The van der Waals surface area contributed by atoms with Gasteiger partial charge in [-0.2, -0.15) is 0 Å². The van der Waals surface area contributed by atoms with Crippen LogP contribution < -0.4 is 9.46 Å². The number of rotatable bonds is 5. The standard InChI is InChI=1S/C15H9Cl2NO5S3/c16-12-7-11(13(17)25-12)26(21,22)18-9-6-10(8-4-2-1-3-5-8)24-14(9)23-15(19)20/h1-7,18H,(H,19,20). The van der Waals surface area contributed by atoms with Gasteiger partial charge in [-0.15, -0.1) is 11.3 Å². The Morgan fingerprint density at radius 1 is 1.12 bits per heavy atom. The molecule has 0 aliphatic carbocycles. The predicted octanol–water partition coefficient (Wildman–Crippen LogP) is 5.64. The Bertz CT molecular complexity index is 1060. The minimum absolute atomic E-state index is 0.00159. The smallest absolute Gasteiger partial charge is 0.449 e. The molecule has 1 aromatic carbocycles. The molecule has 26 heavy (non-hydrogen) atoms. The summed E-state index contributed by atoms with van der Waals surface area (Å²) in [5.74, 6) is 0. The number of anilines is 1. The van der Waals surface area contributed by atoms with E-state index < -0.39 is 16.2 Å². The lowest BCUT2D eigenvalue weighted by Gasteiger charge is -2.07. The Hall–Kier alpha value is -1.78. The number of hydrogen-bond donors (Lipinski definition) is 2. The zero-order valence-corrected chi connectivity index (χ0v) is 16.6. The van der Waals surface area contributed by atoms with Gasteiger partial charge in [-0.3, -0.25) is 4.72 Å². The summed E-state index contributed by atoms with van der Waals surface area (Å²) >= 11 is 13.6. The molecule has 0 aliphatic rings. The molecule has 0 amide bonds. The van der Waals surface area contributed by atoms with Crippen LogP contribution in [0.5, 0.6) is 5.06 Å². The van der Waals surface area contributed by atoms with Gasteiger partial charge < -0.3 is 9.84 Å². The highest BCUT2D eigenvalue weighted by atomic mass is 35.5. The van der Waals surface area contributed by atoms with Crippen molar-refractivity contribution in [1.82, 2.24) is 0 Å². The fourth-order valence-corrected chi connectivity index (χ4v) is 6.29. The van der Waals surface area contributed by atoms with Gasteiger partial charge in [-0.25, -0.2) is 13.2 Å². The van der Waals surface area contributed by atoms with E-state index in [2.05, 4.69) is 4.72 Å². The highest BCUT2D eigenvalue weighted by Crippen LogP contribution is 2.43. The van der Waals surface area contributed by atoms with Crippen LogP contribution in [0.3, 0.4) is 0 Å².